The Morgan fingerprint density at radius 1 is 1.50 bits per heavy atom. The molecule has 0 aliphatic heterocycles. The lowest BCUT2D eigenvalue weighted by Crippen LogP contribution is -2.15. The van der Waals surface area contributed by atoms with Crippen molar-refractivity contribution in [2.75, 3.05) is 12.9 Å². The summed E-state index contributed by atoms with van der Waals surface area (Å²) in [6.45, 7) is 0. The zero-order chi connectivity index (χ0) is 12.3. The zero-order valence-corrected chi connectivity index (χ0v) is 9.88. The first-order valence-corrected chi connectivity index (χ1v) is 6.18. The van der Waals surface area contributed by atoms with Crippen LogP contribution in [0.15, 0.2) is 23.1 Å². The van der Waals surface area contributed by atoms with E-state index in [1.54, 1.807) is 0 Å². The minimum absolute atomic E-state index is 0.119. The van der Waals surface area contributed by atoms with Crippen molar-refractivity contribution in [3.63, 3.8) is 0 Å². The molecule has 0 radical (unpaired) electrons. The number of hydrogen-bond donors (Lipinski definition) is 1. The van der Waals surface area contributed by atoms with Crippen molar-refractivity contribution < 1.29 is 23.1 Å². The van der Waals surface area contributed by atoms with Crippen molar-refractivity contribution in [3.8, 4) is 5.75 Å². The lowest BCUT2D eigenvalue weighted by atomic mass is 10.3. The van der Waals surface area contributed by atoms with Gasteiger partial charge in [0.1, 0.15) is 5.75 Å². The summed E-state index contributed by atoms with van der Waals surface area (Å²) in [6.07, 6.45) is 0. The van der Waals surface area contributed by atoms with Gasteiger partial charge in [-0.15, -0.1) is 0 Å². The molecule has 0 fully saturated rings. The number of rotatable bonds is 4. The van der Waals surface area contributed by atoms with Crippen LogP contribution in [-0.2, 0) is 14.6 Å². The van der Waals surface area contributed by atoms with Crippen molar-refractivity contribution in [1.82, 2.24) is 0 Å². The Bertz CT molecular complexity index is 509. The SMILES string of the molecule is COc1ccc(S(=O)(=O)CC(=O)O)cc1Cl. The predicted molar refractivity (Wildman–Crippen MR) is 57.7 cm³/mol. The number of ether oxygens (including phenoxy) is 1. The number of hydrogen-bond acceptors (Lipinski definition) is 4. The number of sulfone groups is 1. The second-order valence-corrected chi connectivity index (χ2v) is 5.35. The van der Waals surface area contributed by atoms with Gasteiger partial charge in [0, 0.05) is 0 Å². The van der Waals surface area contributed by atoms with E-state index in [9.17, 15) is 13.2 Å². The Balaban J connectivity index is 3.15. The quantitative estimate of drug-likeness (QED) is 0.884. The molecule has 0 spiro atoms. The molecule has 0 unspecified atom stereocenters. The average Bonchev–Trinajstić information content (AvgIpc) is 2.15. The molecule has 16 heavy (non-hydrogen) atoms. The van der Waals surface area contributed by atoms with Gasteiger partial charge in [-0.2, -0.15) is 0 Å². The molecule has 1 rings (SSSR count). The number of carboxylic acid groups (broad SMARTS) is 1. The van der Waals surface area contributed by atoms with Crippen LogP contribution in [0, 0.1) is 0 Å². The molecule has 1 aromatic carbocycles. The van der Waals surface area contributed by atoms with Gasteiger partial charge in [-0.05, 0) is 18.2 Å². The Morgan fingerprint density at radius 3 is 2.56 bits per heavy atom. The van der Waals surface area contributed by atoms with E-state index >= 15 is 0 Å². The van der Waals surface area contributed by atoms with Gasteiger partial charge in [0.2, 0.25) is 0 Å². The minimum atomic E-state index is -3.85. The van der Waals surface area contributed by atoms with Crippen molar-refractivity contribution in [2.45, 2.75) is 4.90 Å². The van der Waals surface area contributed by atoms with Gasteiger partial charge in [0.05, 0.1) is 17.0 Å². The molecular weight excluding hydrogens is 256 g/mol. The average molecular weight is 265 g/mol. The Kier molecular flexibility index (Phi) is 3.77. The molecule has 0 heterocycles. The molecule has 0 saturated carbocycles. The maximum atomic E-state index is 11.5. The minimum Gasteiger partial charge on any atom is -0.495 e. The zero-order valence-electron chi connectivity index (χ0n) is 8.31. The third kappa shape index (κ3) is 2.86. The van der Waals surface area contributed by atoms with Crippen molar-refractivity contribution in [1.29, 1.82) is 0 Å². The number of halogens is 1. The highest BCUT2D eigenvalue weighted by molar-refractivity contribution is 7.92. The summed E-state index contributed by atoms with van der Waals surface area (Å²) in [7, 11) is -2.45. The molecule has 5 nitrogen and oxygen atoms in total. The molecule has 1 aromatic rings. The van der Waals surface area contributed by atoms with Crippen LogP contribution < -0.4 is 4.74 Å². The lowest BCUT2D eigenvalue weighted by molar-refractivity contribution is -0.134. The molecule has 0 aromatic heterocycles. The van der Waals surface area contributed by atoms with Gasteiger partial charge in [-0.3, -0.25) is 4.79 Å². The second-order valence-electron chi connectivity index (χ2n) is 2.95. The monoisotopic (exact) mass is 264 g/mol. The van der Waals surface area contributed by atoms with E-state index < -0.39 is 21.6 Å². The third-order valence-electron chi connectivity index (χ3n) is 1.80. The van der Waals surface area contributed by atoms with Gasteiger partial charge in [-0.25, -0.2) is 8.42 Å². The number of aliphatic carboxylic acids is 1. The maximum absolute atomic E-state index is 11.5. The Morgan fingerprint density at radius 2 is 2.12 bits per heavy atom. The van der Waals surface area contributed by atoms with Crippen molar-refractivity contribution in [3.05, 3.63) is 23.2 Å². The number of carbonyl (C=O) groups is 1. The molecule has 7 heteroatoms. The van der Waals surface area contributed by atoms with Crippen LogP contribution in [0.25, 0.3) is 0 Å². The largest absolute Gasteiger partial charge is 0.495 e. The summed E-state index contributed by atoms with van der Waals surface area (Å²) >= 11 is 5.74. The third-order valence-corrected chi connectivity index (χ3v) is 3.69. The van der Waals surface area contributed by atoms with Crippen LogP contribution >= 0.6 is 11.6 Å². The first-order valence-electron chi connectivity index (χ1n) is 4.15. The maximum Gasteiger partial charge on any atom is 0.319 e. The van der Waals surface area contributed by atoms with Crippen LogP contribution in [0.3, 0.4) is 0 Å². The lowest BCUT2D eigenvalue weighted by Gasteiger charge is -2.05. The molecule has 1 N–H and O–H groups in total. The number of methoxy groups -OCH3 is 1. The summed E-state index contributed by atoms with van der Waals surface area (Å²) in [6, 6.07) is 3.79. The van der Waals surface area contributed by atoms with E-state index in [0.717, 1.165) is 0 Å². The first kappa shape index (κ1) is 12.8. The molecule has 0 bridgehead atoms. The van der Waals surface area contributed by atoms with Crippen LogP contribution in [0.4, 0.5) is 0 Å². The first-order chi connectivity index (χ1) is 7.36. The summed E-state index contributed by atoms with van der Waals surface area (Å²) < 4.78 is 27.9. The molecule has 0 saturated heterocycles. The van der Waals surface area contributed by atoms with E-state index in [2.05, 4.69) is 0 Å². The molecule has 0 atom stereocenters. The fraction of sp³-hybridized carbons (Fsp3) is 0.222. The van der Waals surface area contributed by atoms with Crippen molar-refractivity contribution in [2.24, 2.45) is 0 Å². The Hall–Kier alpha value is -1.27. The number of benzene rings is 1. The fourth-order valence-electron chi connectivity index (χ4n) is 1.09. The van der Waals surface area contributed by atoms with E-state index in [1.807, 2.05) is 0 Å². The molecule has 0 aliphatic carbocycles. The summed E-state index contributed by atoms with van der Waals surface area (Å²) in [5.74, 6) is -2.04. The van der Waals surface area contributed by atoms with Crippen molar-refractivity contribution >= 4 is 27.4 Å². The van der Waals surface area contributed by atoms with Crippen LogP contribution in [0.1, 0.15) is 0 Å². The standard InChI is InChI=1S/C9H9ClO5S/c1-15-8-3-2-6(4-7(8)10)16(13,14)5-9(11)12/h2-4H,5H2,1H3,(H,11,12). The van der Waals surface area contributed by atoms with Gasteiger partial charge >= 0.3 is 5.97 Å². The highest BCUT2D eigenvalue weighted by Gasteiger charge is 2.19. The summed E-state index contributed by atoms with van der Waals surface area (Å²) in [5, 5.41) is 8.56. The second kappa shape index (κ2) is 4.71. The van der Waals surface area contributed by atoms with Gasteiger partial charge in [0.25, 0.3) is 0 Å². The molecular formula is C9H9ClO5S. The van der Waals surface area contributed by atoms with Gasteiger partial charge < -0.3 is 9.84 Å². The topological polar surface area (TPSA) is 80.7 Å². The van der Waals surface area contributed by atoms with E-state index in [0.29, 0.717) is 5.75 Å². The highest BCUT2D eigenvalue weighted by Crippen LogP contribution is 2.27. The van der Waals surface area contributed by atoms with Gasteiger partial charge in [0.15, 0.2) is 15.6 Å². The number of carboxylic acids is 1. The van der Waals surface area contributed by atoms with Crippen LogP contribution in [0.5, 0.6) is 5.75 Å². The van der Waals surface area contributed by atoms with E-state index in [-0.39, 0.29) is 9.92 Å². The summed E-state index contributed by atoms with van der Waals surface area (Å²) in [4.78, 5) is 10.2. The van der Waals surface area contributed by atoms with Crippen LogP contribution in [0.2, 0.25) is 5.02 Å². The summed E-state index contributed by atoms with van der Waals surface area (Å²) in [5.41, 5.74) is 0. The molecule has 88 valence electrons. The van der Waals surface area contributed by atoms with E-state index in [1.165, 1.54) is 25.3 Å². The normalized spacial score (nSPS) is 11.1. The van der Waals surface area contributed by atoms with E-state index in [4.69, 9.17) is 21.4 Å². The molecule has 0 amide bonds. The fourth-order valence-corrected chi connectivity index (χ4v) is 2.47. The Labute approximate surface area is 97.5 Å². The highest BCUT2D eigenvalue weighted by atomic mass is 35.5. The smallest absolute Gasteiger partial charge is 0.319 e. The van der Waals surface area contributed by atoms with Gasteiger partial charge in [-0.1, -0.05) is 11.6 Å². The predicted octanol–water partition coefficient (Wildman–Crippen LogP) is 1.21. The van der Waals surface area contributed by atoms with Crippen LogP contribution in [-0.4, -0.2) is 32.4 Å². The molecule has 0 aliphatic rings.